The first kappa shape index (κ1) is 13.4. The van der Waals surface area contributed by atoms with Crippen molar-refractivity contribution in [3.63, 3.8) is 0 Å². The van der Waals surface area contributed by atoms with Gasteiger partial charge >= 0.3 is 0 Å². The van der Waals surface area contributed by atoms with Crippen LogP contribution in [0.4, 0.5) is 0 Å². The number of hydrogen-bond donors (Lipinski definition) is 1. The fourth-order valence-corrected chi connectivity index (χ4v) is 2.87. The first-order valence-electron chi connectivity index (χ1n) is 7.37. The van der Waals surface area contributed by atoms with Gasteiger partial charge in [0.15, 0.2) is 0 Å². The van der Waals surface area contributed by atoms with Crippen LogP contribution in [0.5, 0.6) is 0 Å². The highest BCUT2D eigenvalue weighted by atomic mass is 16.2. The van der Waals surface area contributed by atoms with Crippen molar-refractivity contribution >= 4 is 5.91 Å². The number of hydrogen-bond acceptors (Lipinski definition) is 2. The van der Waals surface area contributed by atoms with Crippen LogP contribution in [0, 0.1) is 0 Å². The molecule has 3 nitrogen and oxygen atoms in total. The van der Waals surface area contributed by atoms with Gasteiger partial charge in [0.25, 0.3) is 0 Å². The number of carbonyl (C=O) groups excluding carboxylic acids is 1. The van der Waals surface area contributed by atoms with Gasteiger partial charge in [-0.15, -0.1) is 6.58 Å². The fourth-order valence-electron chi connectivity index (χ4n) is 2.87. The second-order valence-electron chi connectivity index (χ2n) is 6.20. The molecule has 0 saturated heterocycles. The summed E-state index contributed by atoms with van der Waals surface area (Å²) in [4.78, 5) is 14.3. The van der Waals surface area contributed by atoms with E-state index in [1.807, 2.05) is 11.0 Å². The summed E-state index contributed by atoms with van der Waals surface area (Å²) in [5.74, 6) is 0.646. The minimum Gasteiger partial charge on any atom is -0.337 e. The van der Waals surface area contributed by atoms with E-state index in [-0.39, 0.29) is 11.4 Å². The van der Waals surface area contributed by atoms with Crippen LogP contribution in [0.2, 0.25) is 0 Å². The van der Waals surface area contributed by atoms with Crippen LogP contribution >= 0.6 is 0 Å². The topological polar surface area (TPSA) is 46.3 Å². The smallest absolute Gasteiger partial charge is 0.226 e. The van der Waals surface area contributed by atoms with Gasteiger partial charge in [0.1, 0.15) is 0 Å². The van der Waals surface area contributed by atoms with Gasteiger partial charge in [0.2, 0.25) is 5.91 Å². The molecule has 2 fully saturated rings. The molecule has 0 spiro atoms. The first-order valence-corrected chi connectivity index (χ1v) is 7.37. The molecule has 2 saturated carbocycles. The predicted octanol–water partition coefficient (Wildman–Crippen LogP) is 2.44. The van der Waals surface area contributed by atoms with Crippen molar-refractivity contribution in [1.82, 2.24) is 4.90 Å². The molecule has 3 heteroatoms. The SMILES string of the molecule is C=CCC(=O)N(CC1(N)CC1)[C@H]1CC1c1ccccc1. The number of amides is 1. The third-order valence-electron chi connectivity index (χ3n) is 4.40. The molecule has 1 aromatic carbocycles. The maximum absolute atomic E-state index is 12.3. The Labute approximate surface area is 120 Å². The van der Waals surface area contributed by atoms with E-state index in [4.69, 9.17) is 5.73 Å². The zero-order valence-electron chi connectivity index (χ0n) is 11.8. The third-order valence-corrected chi connectivity index (χ3v) is 4.40. The lowest BCUT2D eigenvalue weighted by Gasteiger charge is -2.26. The normalized spacial score (nSPS) is 25.9. The maximum atomic E-state index is 12.3. The molecule has 0 aromatic heterocycles. The first-order chi connectivity index (χ1) is 9.63. The molecule has 1 unspecified atom stereocenters. The average Bonchev–Trinajstić information content (AvgIpc) is 3.35. The highest BCUT2D eigenvalue weighted by Gasteiger charge is 2.49. The van der Waals surface area contributed by atoms with Crippen LogP contribution in [0.25, 0.3) is 0 Å². The Morgan fingerprint density at radius 2 is 2.10 bits per heavy atom. The summed E-state index contributed by atoms with van der Waals surface area (Å²) in [6.07, 6.45) is 5.23. The van der Waals surface area contributed by atoms with Crippen molar-refractivity contribution in [2.24, 2.45) is 5.73 Å². The summed E-state index contributed by atoms with van der Waals surface area (Å²) in [6, 6.07) is 10.8. The van der Waals surface area contributed by atoms with Crippen molar-refractivity contribution in [3.05, 3.63) is 48.6 Å². The number of nitrogens with two attached hydrogens (primary N) is 1. The molecule has 2 aliphatic carbocycles. The Kier molecular flexibility index (Phi) is 3.38. The summed E-state index contributed by atoms with van der Waals surface area (Å²) in [5.41, 5.74) is 7.42. The van der Waals surface area contributed by atoms with Crippen molar-refractivity contribution in [2.75, 3.05) is 6.54 Å². The second-order valence-corrected chi connectivity index (χ2v) is 6.20. The van der Waals surface area contributed by atoms with E-state index in [1.54, 1.807) is 6.08 Å². The Hall–Kier alpha value is -1.61. The summed E-state index contributed by atoms with van der Waals surface area (Å²) in [7, 11) is 0. The fraction of sp³-hybridized carbons (Fsp3) is 0.471. The summed E-state index contributed by atoms with van der Waals surface area (Å²) < 4.78 is 0. The Morgan fingerprint density at radius 1 is 1.40 bits per heavy atom. The van der Waals surface area contributed by atoms with E-state index in [0.29, 0.717) is 24.9 Å². The lowest BCUT2D eigenvalue weighted by Crippen LogP contribution is -2.44. The second kappa shape index (κ2) is 5.06. The molecule has 106 valence electrons. The van der Waals surface area contributed by atoms with Gasteiger partial charge in [0, 0.05) is 30.5 Å². The summed E-state index contributed by atoms with van der Waals surface area (Å²) in [5, 5.41) is 0. The molecule has 2 N–H and O–H groups in total. The van der Waals surface area contributed by atoms with Crippen LogP contribution in [-0.2, 0) is 4.79 Å². The zero-order valence-corrected chi connectivity index (χ0v) is 11.8. The molecule has 0 aliphatic heterocycles. The molecule has 0 heterocycles. The van der Waals surface area contributed by atoms with Crippen LogP contribution in [0.3, 0.4) is 0 Å². The van der Waals surface area contributed by atoms with Gasteiger partial charge in [-0.05, 0) is 24.8 Å². The largest absolute Gasteiger partial charge is 0.337 e. The Bertz CT molecular complexity index is 507. The van der Waals surface area contributed by atoms with E-state index in [1.165, 1.54) is 5.56 Å². The van der Waals surface area contributed by atoms with Gasteiger partial charge in [-0.3, -0.25) is 4.79 Å². The molecule has 20 heavy (non-hydrogen) atoms. The van der Waals surface area contributed by atoms with E-state index in [9.17, 15) is 4.79 Å². The van der Waals surface area contributed by atoms with Crippen LogP contribution in [-0.4, -0.2) is 28.9 Å². The third kappa shape index (κ3) is 2.78. The van der Waals surface area contributed by atoms with E-state index >= 15 is 0 Å². The van der Waals surface area contributed by atoms with Crippen LogP contribution < -0.4 is 5.73 Å². The van der Waals surface area contributed by atoms with Gasteiger partial charge in [-0.1, -0.05) is 36.4 Å². The highest BCUT2D eigenvalue weighted by molar-refractivity contribution is 5.78. The monoisotopic (exact) mass is 270 g/mol. The van der Waals surface area contributed by atoms with E-state index in [0.717, 1.165) is 19.3 Å². The lowest BCUT2D eigenvalue weighted by atomic mass is 10.1. The molecule has 2 aliphatic rings. The number of benzene rings is 1. The molecule has 0 bridgehead atoms. The van der Waals surface area contributed by atoms with Gasteiger partial charge < -0.3 is 10.6 Å². The van der Waals surface area contributed by atoms with Gasteiger partial charge in [0.05, 0.1) is 0 Å². The maximum Gasteiger partial charge on any atom is 0.226 e. The Morgan fingerprint density at radius 3 is 2.70 bits per heavy atom. The number of nitrogens with zero attached hydrogens (tertiary/aromatic N) is 1. The summed E-state index contributed by atoms with van der Waals surface area (Å²) in [6.45, 7) is 4.38. The van der Waals surface area contributed by atoms with Crippen LogP contribution in [0.15, 0.2) is 43.0 Å². The lowest BCUT2D eigenvalue weighted by molar-refractivity contribution is -0.131. The number of rotatable bonds is 6. The predicted molar refractivity (Wildman–Crippen MR) is 80.3 cm³/mol. The molecule has 1 aromatic rings. The zero-order chi connectivity index (χ0) is 14.2. The van der Waals surface area contributed by atoms with Crippen molar-refractivity contribution < 1.29 is 4.79 Å². The molecule has 2 atom stereocenters. The number of carbonyl (C=O) groups is 1. The van der Waals surface area contributed by atoms with Crippen molar-refractivity contribution in [2.45, 2.75) is 43.2 Å². The molecular formula is C17H22N2O. The molecule has 0 radical (unpaired) electrons. The Balaban J connectivity index is 1.70. The van der Waals surface area contributed by atoms with E-state index < -0.39 is 0 Å². The molecule has 1 amide bonds. The quantitative estimate of drug-likeness (QED) is 0.807. The highest BCUT2D eigenvalue weighted by Crippen LogP contribution is 2.46. The van der Waals surface area contributed by atoms with E-state index in [2.05, 4.69) is 30.8 Å². The van der Waals surface area contributed by atoms with Crippen molar-refractivity contribution in [1.29, 1.82) is 0 Å². The van der Waals surface area contributed by atoms with Gasteiger partial charge in [-0.2, -0.15) is 0 Å². The minimum absolute atomic E-state index is 0.124. The van der Waals surface area contributed by atoms with Crippen LogP contribution in [0.1, 0.15) is 37.2 Å². The summed E-state index contributed by atoms with van der Waals surface area (Å²) >= 11 is 0. The minimum atomic E-state index is -0.124. The molecular weight excluding hydrogens is 248 g/mol. The van der Waals surface area contributed by atoms with Crippen molar-refractivity contribution in [3.8, 4) is 0 Å². The van der Waals surface area contributed by atoms with Gasteiger partial charge in [-0.25, -0.2) is 0 Å². The average molecular weight is 270 g/mol. The standard InChI is InChI=1S/C17H22N2O/c1-2-6-16(20)19(12-17(18)9-10-17)15-11-14(15)13-7-4-3-5-8-13/h2-5,7-8,14-15H,1,6,9-12,18H2/t14?,15-/m0/s1. The molecule has 3 rings (SSSR count).